The minimum Gasteiger partial charge on any atom is -0.312 e. The molecule has 1 rings (SSSR count). The van der Waals surface area contributed by atoms with Crippen LogP contribution in [0.2, 0.25) is 0 Å². The van der Waals surface area contributed by atoms with Crippen LogP contribution >= 0.6 is 0 Å². The molecule has 0 aliphatic heterocycles. The number of anilines is 1. The van der Waals surface area contributed by atoms with Crippen LogP contribution in [-0.2, 0) is 4.79 Å². The fourth-order valence-electron chi connectivity index (χ4n) is 3.49. The Kier molecular flexibility index (Phi) is 15.2. The van der Waals surface area contributed by atoms with Gasteiger partial charge in [-0.25, -0.2) is 9.78 Å². The number of carbonyl (C=O) groups excluding carboxylic acids is 1. The second-order valence-electron chi connectivity index (χ2n) is 7.89. The third-order valence-electron chi connectivity index (χ3n) is 5.21. The highest BCUT2D eigenvalue weighted by Crippen LogP contribution is 2.14. The minimum absolute atomic E-state index is 0.0489. The van der Waals surface area contributed by atoms with Crippen LogP contribution in [0.5, 0.6) is 0 Å². The highest BCUT2D eigenvalue weighted by molar-refractivity contribution is 5.89. The molecular weight excluding hydrogens is 350 g/mol. The maximum Gasteiger partial charge on any atom is 0.346 e. The molecule has 0 radical (unpaired) electrons. The second kappa shape index (κ2) is 17.4. The Morgan fingerprint density at radius 1 is 0.821 bits per heavy atom. The van der Waals surface area contributed by atoms with Crippen molar-refractivity contribution in [1.82, 2.24) is 9.97 Å². The molecule has 0 atom stereocenters. The first kappa shape index (κ1) is 24.4. The van der Waals surface area contributed by atoms with Crippen molar-refractivity contribution in [3.05, 3.63) is 22.7 Å². The molecule has 0 aromatic carbocycles. The van der Waals surface area contributed by atoms with E-state index in [1.807, 2.05) is 0 Å². The number of H-pyrrole nitrogens is 1. The van der Waals surface area contributed by atoms with Crippen LogP contribution in [0.25, 0.3) is 0 Å². The zero-order valence-corrected chi connectivity index (χ0v) is 17.9. The maximum atomic E-state index is 11.8. The van der Waals surface area contributed by atoms with Gasteiger partial charge in [0.2, 0.25) is 5.91 Å². The number of hydrogen-bond acceptors (Lipinski definition) is 3. The topological polar surface area (TPSA) is 74.8 Å². The Morgan fingerprint density at radius 2 is 1.29 bits per heavy atom. The molecule has 5 heteroatoms. The zero-order chi connectivity index (χ0) is 20.3. The summed E-state index contributed by atoms with van der Waals surface area (Å²) in [5.74, 6) is 0.369. The molecule has 0 aliphatic rings. The van der Waals surface area contributed by atoms with Gasteiger partial charge in [-0.1, -0.05) is 103 Å². The number of nitrogens with one attached hydrogen (secondary N) is 2. The van der Waals surface area contributed by atoms with Crippen molar-refractivity contribution in [2.75, 3.05) is 5.32 Å². The SMILES string of the molecule is CCCCCCCCCCCCCCCCCCC(=O)Nc1ccnc(=O)[nH]1. The van der Waals surface area contributed by atoms with Crippen molar-refractivity contribution in [3.8, 4) is 0 Å². The zero-order valence-electron chi connectivity index (χ0n) is 17.9. The fraction of sp³-hybridized carbons (Fsp3) is 0.783. The van der Waals surface area contributed by atoms with Gasteiger partial charge in [0.25, 0.3) is 0 Å². The molecule has 0 saturated heterocycles. The van der Waals surface area contributed by atoms with E-state index in [1.165, 1.54) is 96.1 Å². The van der Waals surface area contributed by atoms with Gasteiger partial charge in [0.1, 0.15) is 5.82 Å². The van der Waals surface area contributed by atoms with Gasteiger partial charge in [-0.2, -0.15) is 0 Å². The lowest BCUT2D eigenvalue weighted by molar-refractivity contribution is -0.116. The van der Waals surface area contributed by atoms with Crippen LogP contribution < -0.4 is 11.0 Å². The highest BCUT2D eigenvalue weighted by atomic mass is 16.2. The van der Waals surface area contributed by atoms with E-state index >= 15 is 0 Å². The lowest BCUT2D eigenvalue weighted by Crippen LogP contribution is -2.17. The van der Waals surface area contributed by atoms with Crippen molar-refractivity contribution in [3.63, 3.8) is 0 Å². The largest absolute Gasteiger partial charge is 0.346 e. The van der Waals surface area contributed by atoms with Crippen molar-refractivity contribution in [2.24, 2.45) is 0 Å². The monoisotopic (exact) mass is 391 g/mol. The summed E-state index contributed by atoms with van der Waals surface area (Å²) in [6, 6.07) is 1.59. The number of carbonyl (C=O) groups is 1. The average molecular weight is 392 g/mol. The first-order valence-corrected chi connectivity index (χ1v) is 11.6. The molecule has 0 spiro atoms. The fourth-order valence-corrected chi connectivity index (χ4v) is 3.49. The van der Waals surface area contributed by atoms with Gasteiger partial charge in [-0.3, -0.25) is 9.78 Å². The molecule has 0 unspecified atom stereocenters. The summed E-state index contributed by atoms with van der Waals surface area (Å²) >= 11 is 0. The molecule has 1 aromatic heterocycles. The van der Waals surface area contributed by atoms with Crippen molar-refractivity contribution < 1.29 is 4.79 Å². The second-order valence-corrected chi connectivity index (χ2v) is 7.89. The summed E-state index contributed by atoms with van der Waals surface area (Å²) in [5.41, 5.74) is -0.444. The van der Waals surface area contributed by atoms with Crippen LogP contribution in [-0.4, -0.2) is 15.9 Å². The normalized spacial score (nSPS) is 10.9. The van der Waals surface area contributed by atoms with Crippen molar-refractivity contribution >= 4 is 11.7 Å². The first-order valence-electron chi connectivity index (χ1n) is 11.6. The molecule has 160 valence electrons. The molecule has 28 heavy (non-hydrogen) atoms. The average Bonchev–Trinajstić information content (AvgIpc) is 2.67. The number of nitrogens with zero attached hydrogens (tertiary/aromatic N) is 1. The number of amides is 1. The van der Waals surface area contributed by atoms with Crippen LogP contribution in [0.3, 0.4) is 0 Å². The van der Waals surface area contributed by atoms with E-state index in [4.69, 9.17) is 0 Å². The van der Waals surface area contributed by atoms with Gasteiger partial charge in [0, 0.05) is 12.6 Å². The summed E-state index contributed by atoms with van der Waals surface area (Å²) in [6.07, 6.45) is 23.1. The summed E-state index contributed by atoms with van der Waals surface area (Å²) in [7, 11) is 0. The predicted molar refractivity (Wildman–Crippen MR) is 118 cm³/mol. The van der Waals surface area contributed by atoms with Crippen molar-refractivity contribution in [2.45, 2.75) is 116 Å². The highest BCUT2D eigenvalue weighted by Gasteiger charge is 2.03. The van der Waals surface area contributed by atoms with Crippen LogP contribution in [0.4, 0.5) is 5.82 Å². The predicted octanol–water partition coefficient (Wildman–Crippen LogP) is 6.36. The lowest BCUT2D eigenvalue weighted by Gasteiger charge is -2.05. The van der Waals surface area contributed by atoms with E-state index < -0.39 is 5.69 Å². The molecule has 0 aliphatic carbocycles. The van der Waals surface area contributed by atoms with Crippen LogP contribution in [0, 0.1) is 0 Å². The van der Waals surface area contributed by atoms with E-state index in [0.717, 1.165) is 12.8 Å². The molecule has 0 saturated carbocycles. The Balaban J connectivity index is 1.80. The number of aromatic nitrogens is 2. The lowest BCUT2D eigenvalue weighted by atomic mass is 10.0. The number of unbranched alkanes of at least 4 members (excludes halogenated alkanes) is 15. The summed E-state index contributed by atoms with van der Waals surface area (Å²) in [4.78, 5) is 28.9. The molecular formula is C23H41N3O2. The maximum absolute atomic E-state index is 11.8. The minimum atomic E-state index is -0.444. The van der Waals surface area contributed by atoms with Crippen molar-refractivity contribution in [1.29, 1.82) is 0 Å². The van der Waals surface area contributed by atoms with Gasteiger partial charge in [0.15, 0.2) is 0 Å². The smallest absolute Gasteiger partial charge is 0.312 e. The van der Waals surface area contributed by atoms with Gasteiger partial charge in [0.05, 0.1) is 0 Å². The Bertz CT molecular complexity index is 557. The number of hydrogen-bond donors (Lipinski definition) is 2. The standard InChI is InChI=1S/C23H41N3O2/c1-2-3-4-5-6-7-8-9-10-11-12-13-14-15-16-17-18-22(27)25-21-19-20-24-23(28)26-21/h19-20H,2-18H2,1H3,(H2,24,25,26,27,28). The summed E-state index contributed by atoms with van der Waals surface area (Å²) < 4.78 is 0. The molecule has 2 N–H and O–H groups in total. The molecule has 0 fully saturated rings. The van der Waals surface area contributed by atoms with Gasteiger partial charge in [-0.15, -0.1) is 0 Å². The molecule has 1 aromatic rings. The molecule has 5 nitrogen and oxygen atoms in total. The quantitative estimate of drug-likeness (QED) is 0.286. The van der Waals surface area contributed by atoms with Crippen LogP contribution in [0.15, 0.2) is 17.1 Å². The number of rotatable bonds is 18. The molecule has 1 amide bonds. The number of aromatic amines is 1. The first-order chi connectivity index (χ1) is 13.7. The van der Waals surface area contributed by atoms with Gasteiger partial charge < -0.3 is 5.32 Å². The summed E-state index contributed by atoms with van der Waals surface area (Å²) in [6.45, 7) is 2.27. The van der Waals surface area contributed by atoms with E-state index in [0.29, 0.717) is 12.2 Å². The molecule has 0 bridgehead atoms. The Labute approximate surface area is 171 Å². The molecule has 1 heterocycles. The van der Waals surface area contributed by atoms with Gasteiger partial charge >= 0.3 is 5.69 Å². The summed E-state index contributed by atoms with van der Waals surface area (Å²) in [5, 5.41) is 2.70. The van der Waals surface area contributed by atoms with E-state index in [2.05, 4.69) is 22.2 Å². The third-order valence-corrected chi connectivity index (χ3v) is 5.21. The van der Waals surface area contributed by atoms with E-state index in [-0.39, 0.29) is 5.91 Å². The van der Waals surface area contributed by atoms with E-state index in [9.17, 15) is 9.59 Å². The van der Waals surface area contributed by atoms with E-state index in [1.54, 1.807) is 6.07 Å². The van der Waals surface area contributed by atoms with Gasteiger partial charge in [-0.05, 0) is 12.5 Å². The Hall–Kier alpha value is -1.65. The van der Waals surface area contributed by atoms with Crippen LogP contribution in [0.1, 0.15) is 116 Å². The Morgan fingerprint density at radius 3 is 1.75 bits per heavy atom. The third kappa shape index (κ3) is 14.4.